The van der Waals surface area contributed by atoms with E-state index in [0.717, 1.165) is 36.7 Å². The SMILES string of the molecule is CCCNc1ncnc(N(C)Cc2cccs2)c1C. The van der Waals surface area contributed by atoms with Crippen LogP contribution in [-0.2, 0) is 6.54 Å². The molecule has 2 heterocycles. The molecule has 2 rings (SSSR count). The molecule has 0 atom stereocenters. The Morgan fingerprint density at radius 3 is 2.89 bits per heavy atom. The van der Waals surface area contributed by atoms with Crippen molar-refractivity contribution in [1.29, 1.82) is 0 Å². The maximum atomic E-state index is 4.41. The Labute approximate surface area is 118 Å². The third kappa shape index (κ3) is 3.44. The maximum absolute atomic E-state index is 4.41. The van der Waals surface area contributed by atoms with Gasteiger partial charge in [-0.25, -0.2) is 9.97 Å². The van der Waals surface area contributed by atoms with Crippen molar-refractivity contribution in [3.63, 3.8) is 0 Å². The van der Waals surface area contributed by atoms with Gasteiger partial charge in [-0.05, 0) is 24.8 Å². The van der Waals surface area contributed by atoms with Crippen LogP contribution in [0.4, 0.5) is 11.6 Å². The highest BCUT2D eigenvalue weighted by atomic mass is 32.1. The second kappa shape index (κ2) is 6.52. The third-order valence-corrected chi connectivity index (χ3v) is 3.80. The molecular formula is C14H20N4S. The summed E-state index contributed by atoms with van der Waals surface area (Å²) in [5, 5.41) is 5.44. The molecule has 5 heteroatoms. The van der Waals surface area contributed by atoms with E-state index in [2.05, 4.69) is 58.6 Å². The zero-order chi connectivity index (χ0) is 13.7. The molecule has 0 radical (unpaired) electrons. The Balaban J connectivity index is 2.14. The largest absolute Gasteiger partial charge is 0.370 e. The molecule has 19 heavy (non-hydrogen) atoms. The summed E-state index contributed by atoms with van der Waals surface area (Å²) >= 11 is 1.77. The van der Waals surface area contributed by atoms with Crippen LogP contribution in [0, 0.1) is 6.92 Å². The van der Waals surface area contributed by atoms with E-state index in [0.29, 0.717) is 0 Å². The number of anilines is 2. The standard InChI is InChI=1S/C14H20N4S/c1-4-7-15-13-11(2)14(17-10-16-13)18(3)9-12-6-5-8-19-12/h5-6,8,10H,4,7,9H2,1-3H3,(H,15,16,17). The lowest BCUT2D eigenvalue weighted by molar-refractivity contribution is 0.889. The van der Waals surface area contributed by atoms with Crippen LogP contribution in [-0.4, -0.2) is 23.6 Å². The van der Waals surface area contributed by atoms with Gasteiger partial charge in [0.25, 0.3) is 0 Å². The third-order valence-electron chi connectivity index (χ3n) is 2.93. The Hall–Kier alpha value is -1.62. The minimum atomic E-state index is 0.878. The lowest BCUT2D eigenvalue weighted by Crippen LogP contribution is -2.19. The van der Waals surface area contributed by atoms with Crippen LogP contribution in [0.1, 0.15) is 23.8 Å². The summed E-state index contributed by atoms with van der Waals surface area (Å²) in [6.45, 7) is 6.03. The number of aromatic nitrogens is 2. The normalized spacial score (nSPS) is 10.5. The van der Waals surface area contributed by atoms with E-state index in [1.54, 1.807) is 17.7 Å². The number of nitrogens with zero attached hydrogens (tertiary/aromatic N) is 3. The van der Waals surface area contributed by atoms with Gasteiger partial charge < -0.3 is 10.2 Å². The van der Waals surface area contributed by atoms with Crippen LogP contribution in [0.25, 0.3) is 0 Å². The number of thiophene rings is 1. The van der Waals surface area contributed by atoms with Crippen molar-refractivity contribution in [3.8, 4) is 0 Å². The van der Waals surface area contributed by atoms with Crippen LogP contribution in [0.5, 0.6) is 0 Å². The summed E-state index contributed by atoms with van der Waals surface area (Å²) < 4.78 is 0. The van der Waals surface area contributed by atoms with Crippen LogP contribution in [0.3, 0.4) is 0 Å². The van der Waals surface area contributed by atoms with Gasteiger partial charge in [-0.3, -0.25) is 0 Å². The molecule has 2 aromatic heterocycles. The first-order chi connectivity index (χ1) is 9.22. The van der Waals surface area contributed by atoms with Gasteiger partial charge in [0.2, 0.25) is 0 Å². The summed E-state index contributed by atoms with van der Waals surface area (Å²) in [6, 6.07) is 4.23. The molecule has 1 N–H and O–H groups in total. The Bertz CT molecular complexity index is 510. The molecule has 0 aliphatic rings. The zero-order valence-electron chi connectivity index (χ0n) is 11.7. The number of hydrogen-bond donors (Lipinski definition) is 1. The van der Waals surface area contributed by atoms with E-state index in [1.807, 2.05) is 0 Å². The summed E-state index contributed by atoms with van der Waals surface area (Å²) in [7, 11) is 2.07. The van der Waals surface area contributed by atoms with E-state index in [1.165, 1.54) is 4.88 Å². The Kier molecular flexibility index (Phi) is 4.74. The first-order valence-corrected chi connectivity index (χ1v) is 7.39. The molecule has 0 unspecified atom stereocenters. The molecule has 0 aromatic carbocycles. The van der Waals surface area contributed by atoms with E-state index in [9.17, 15) is 0 Å². The fourth-order valence-corrected chi connectivity index (χ4v) is 2.72. The predicted molar refractivity (Wildman–Crippen MR) is 82.0 cm³/mol. The van der Waals surface area contributed by atoms with Crippen LogP contribution < -0.4 is 10.2 Å². The van der Waals surface area contributed by atoms with Crippen molar-refractivity contribution >= 4 is 23.0 Å². The highest BCUT2D eigenvalue weighted by molar-refractivity contribution is 7.09. The average molecular weight is 276 g/mol. The average Bonchev–Trinajstić information content (AvgIpc) is 2.90. The van der Waals surface area contributed by atoms with Crippen LogP contribution in [0.15, 0.2) is 23.8 Å². The van der Waals surface area contributed by atoms with Crippen molar-refractivity contribution in [3.05, 3.63) is 34.3 Å². The molecule has 0 saturated carbocycles. The summed E-state index contributed by atoms with van der Waals surface area (Å²) in [6.07, 6.45) is 2.72. The molecule has 0 aliphatic heterocycles. The van der Waals surface area contributed by atoms with Crippen molar-refractivity contribution in [1.82, 2.24) is 9.97 Å². The first-order valence-electron chi connectivity index (χ1n) is 6.51. The number of nitrogens with one attached hydrogen (secondary N) is 1. The van der Waals surface area contributed by atoms with E-state index < -0.39 is 0 Å². The molecule has 4 nitrogen and oxygen atoms in total. The molecular weight excluding hydrogens is 256 g/mol. The van der Waals surface area contributed by atoms with Gasteiger partial charge in [0, 0.05) is 24.0 Å². The first kappa shape index (κ1) is 13.8. The van der Waals surface area contributed by atoms with E-state index in [-0.39, 0.29) is 0 Å². The topological polar surface area (TPSA) is 41.1 Å². The maximum Gasteiger partial charge on any atom is 0.137 e. The summed E-state index contributed by atoms with van der Waals surface area (Å²) in [5.74, 6) is 1.92. The molecule has 102 valence electrons. The van der Waals surface area contributed by atoms with Gasteiger partial charge in [0.1, 0.15) is 18.0 Å². The molecule has 0 bridgehead atoms. The van der Waals surface area contributed by atoms with Gasteiger partial charge in [0.15, 0.2) is 0 Å². The van der Waals surface area contributed by atoms with Crippen molar-refractivity contribution in [2.24, 2.45) is 0 Å². The van der Waals surface area contributed by atoms with E-state index in [4.69, 9.17) is 0 Å². The molecule has 0 saturated heterocycles. The molecule has 0 aliphatic carbocycles. The fraction of sp³-hybridized carbons (Fsp3) is 0.429. The fourth-order valence-electron chi connectivity index (χ4n) is 1.96. The Morgan fingerprint density at radius 1 is 1.37 bits per heavy atom. The van der Waals surface area contributed by atoms with Crippen LogP contribution in [0.2, 0.25) is 0 Å². The number of hydrogen-bond acceptors (Lipinski definition) is 5. The second-order valence-corrected chi connectivity index (χ2v) is 5.57. The monoisotopic (exact) mass is 276 g/mol. The molecule has 2 aromatic rings. The highest BCUT2D eigenvalue weighted by Crippen LogP contribution is 2.23. The summed E-state index contributed by atoms with van der Waals surface area (Å²) in [5.41, 5.74) is 1.11. The quantitative estimate of drug-likeness (QED) is 0.879. The van der Waals surface area contributed by atoms with Crippen molar-refractivity contribution in [2.45, 2.75) is 26.8 Å². The van der Waals surface area contributed by atoms with E-state index >= 15 is 0 Å². The van der Waals surface area contributed by atoms with Gasteiger partial charge in [-0.15, -0.1) is 11.3 Å². The van der Waals surface area contributed by atoms with Crippen molar-refractivity contribution < 1.29 is 0 Å². The lowest BCUT2D eigenvalue weighted by Gasteiger charge is -2.20. The van der Waals surface area contributed by atoms with Crippen molar-refractivity contribution in [2.75, 3.05) is 23.8 Å². The molecule has 0 spiro atoms. The minimum absolute atomic E-state index is 0.878. The molecule has 0 fully saturated rings. The van der Waals surface area contributed by atoms with Gasteiger partial charge in [-0.2, -0.15) is 0 Å². The minimum Gasteiger partial charge on any atom is -0.370 e. The van der Waals surface area contributed by atoms with Crippen LogP contribution >= 0.6 is 11.3 Å². The number of rotatable bonds is 6. The predicted octanol–water partition coefficient (Wildman–Crippen LogP) is 3.30. The lowest BCUT2D eigenvalue weighted by atomic mass is 10.3. The van der Waals surface area contributed by atoms with Gasteiger partial charge in [0.05, 0.1) is 6.54 Å². The highest BCUT2D eigenvalue weighted by Gasteiger charge is 2.11. The van der Waals surface area contributed by atoms with Gasteiger partial charge >= 0.3 is 0 Å². The summed E-state index contributed by atoms with van der Waals surface area (Å²) in [4.78, 5) is 12.2. The second-order valence-electron chi connectivity index (χ2n) is 4.53. The molecule has 0 amide bonds. The van der Waals surface area contributed by atoms with Gasteiger partial charge in [-0.1, -0.05) is 13.0 Å². The zero-order valence-corrected chi connectivity index (χ0v) is 12.5. The Morgan fingerprint density at radius 2 is 2.21 bits per heavy atom. The smallest absolute Gasteiger partial charge is 0.137 e.